The molecule has 1 fully saturated rings. The third-order valence-corrected chi connectivity index (χ3v) is 4.68. The van der Waals surface area contributed by atoms with E-state index < -0.39 is 31.1 Å². The van der Waals surface area contributed by atoms with E-state index in [0.717, 1.165) is 30.1 Å². The zero-order valence-electron chi connectivity index (χ0n) is 13.4. The monoisotopic (exact) mass is 376 g/mol. The van der Waals surface area contributed by atoms with E-state index in [1.165, 1.54) is 11.8 Å². The molecule has 1 atom stereocenters. The molecule has 0 saturated carbocycles. The second kappa shape index (κ2) is 9.10. The molecule has 0 aliphatic carbocycles. The summed E-state index contributed by atoms with van der Waals surface area (Å²) >= 11 is 1.49. The molecule has 2 rings (SSSR count). The van der Waals surface area contributed by atoms with Crippen LogP contribution in [0.1, 0.15) is 23.2 Å². The summed E-state index contributed by atoms with van der Waals surface area (Å²) in [6.45, 7) is -1.18. The van der Waals surface area contributed by atoms with E-state index in [1.54, 1.807) is 29.6 Å². The smallest absolute Gasteiger partial charge is 0.377 e. The third-order valence-electron chi connectivity index (χ3n) is 3.48. The lowest BCUT2D eigenvalue weighted by Gasteiger charge is -2.13. The van der Waals surface area contributed by atoms with Crippen molar-refractivity contribution in [2.45, 2.75) is 30.0 Å². The first-order chi connectivity index (χ1) is 11.8. The third kappa shape index (κ3) is 6.95. The van der Waals surface area contributed by atoms with Gasteiger partial charge >= 0.3 is 6.18 Å². The summed E-state index contributed by atoms with van der Waals surface area (Å²) in [4.78, 5) is 24.3. The van der Waals surface area contributed by atoms with Gasteiger partial charge in [0.05, 0.1) is 18.2 Å². The SMILES string of the molecule is O=C(CNC(=O)c1ccccc1SCC1CCCO1)NCC(F)(F)F. The predicted octanol–water partition coefficient (Wildman–Crippen LogP) is 2.37. The van der Waals surface area contributed by atoms with Crippen molar-refractivity contribution in [3.63, 3.8) is 0 Å². The normalized spacial score (nSPS) is 17.3. The Morgan fingerprint density at radius 2 is 2.00 bits per heavy atom. The summed E-state index contributed by atoms with van der Waals surface area (Å²) in [5, 5.41) is 4.05. The van der Waals surface area contributed by atoms with E-state index in [2.05, 4.69) is 5.32 Å². The summed E-state index contributed by atoms with van der Waals surface area (Å²) < 4.78 is 41.6. The van der Waals surface area contributed by atoms with Gasteiger partial charge in [0, 0.05) is 17.3 Å². The Balaban J connectivity index is 1.85. The number of ether oxygens (including phenoxy) is 1. The molecule has 1 saturated heterocycles. The van der Waals surface area contributed by atoms with Gasteiger partial charge in [0.1, 0.15) is 6.54 Å². The lowest BCUT2D eigenvalue weighted by molar-refractivity contribution is -0.137. The molecule has 0 aromatic heterocycles. The molecule has 0 bridgehead atoms. The van der Waals surface area contributed by atoms with Crippen molar-refractivity contribution in [1.82, 2.24) is 10.6 Å². The zero-order valence-corrected chi connectivity index (χ0v) is 14.2. The van der Waals surface area contributed by atoms with Crippen LogP contribution in [0, 0.1) is 0 Å². The van der Waals surface area contributed by atoms with E-state index in [9.17, 15) is 22.8 Å². The molecule has 1 aromatic rings. The highest BCUT2D eigenvalue weighted by Crippen LogP contribution is 2.26. The average Bonchev–Trinajstić information content (AvgIpc) is 3.09. The minimum absolute atomic E-state index is 0.161. The molecule has 1 aliphatic heterocycles. The highest BCUT2D eigenvalue weighted by atomic mass is 32.2. The molecule has 138 valence electrons. The molecule has 2 amide bonds. The lowest BCUT2D eigenvalue weighted by atomic mass is 10.2. The summed E-state index contributed by atoms with van der Waals surface area (Å²) in [6.07, 6.45) is -2.30. The number of benzene rings is 1. The van der Waals surface area contributed by atoms with E-state index in [0.29, 0.717) is 5.56 Å². The van der Waals surface area contributed by atoms with Crippen LogP contribution in [0.4, 0.5) is 13.2 Å². The lowest BCUT2D eigenvalue weighted by Crippen LogP contribution is -2.41. The number of amides is 2. The summed E-state index contributed by atoms with van der Waals surface area (Å²) in [6, 6.07) is 6.89. The first-order valence-electron chi connectivity index (χ1n) is 7.80. The summed E-state index contributed by atoms with van der Waals surface area (Å²) in [5.41, 5.74) is 0.383. The second-order valence-corrected chi connectivity index (χ2v) is 6.58. The topological polar surface area (TPSA) is 67.4 Å². The molecule has 0 radical (unpaired) electrons. The fourth-order valence-electron chi connectivity index (χ4n) is 2.26. The Hall–Kier alpha value is -1.74. The van der Waals surface area contributed by atoms with E-state index in [4.69, 9.17) is 4.74 Å². The number of rotatable bonds is 7. The Bertz CT molecular complexity index is 605. The van der Waals surface area contributed by atoms with Gasteiger partial charge in [0.25, 0.3) is 5.91 Å². The van der Waals surface area contributed by atoms with E-state index in [-0.39, 0.29) is 6.10 Å². The predicted molar refractivity (Wildman–Crippen MR) is 87.5 cm³/mol. The molecule has 1 unspecified atom stereocenters. The zero-order chi connectivity index (χ0) is 18.3. The number of thioether (sulfide) groups is 1. The van der Waals surface area contributed by atoms with Gasteiger partial charge in [-0.25, -0.2) is 0 Å². The highest BCUT2D eigenvalue weighted by Gasteiger charge is 2.27. The van der Waals surface area contributed by atoms with Crippen molar-refractivity contribution >= 4 is 23.6 Å². The first-order valence-corrected chi connectivity index (χ1v) is 8.79. The van der Waals surface area contributed by atoms with Crippen LogP contribution in [0.25, 0.3) is 0 Å². The van der Waals surface area contributed by atoms with Crippen LogP contribution < -0.4 is 10.6 Å². The molecule has 25 heavy (non-hydrogen) atoms. The van der Waals surface area contributed by atoms with Gasteiger partial charge in [-0.05, 0) is 25.0 Å². The molecular weight excluding hydrogens is 357 g/mol. The summed E-state index contributed by atoms with van der Waals surface area (Å²) in [7, 11) is 0. The molecule has 9 heteroatoms. The summed E-state index contributed by atoms with van der Waals surface area (Å²) in [5.74, 6) is -0.677. The molecule has 1 aliphatic rings. The van der Waals surface area contributed by atoms with Crippen LogP contribution in [0.2, 0.25) is 0 Å². The Labute approximate surface area is 147 Å². The molecule has 1 heterocycles. The van der Waals surface area contributed by atoms with Crippen molar-refractivity contribution < 1.29 is 27.5 Å². The van der Waals surface area contributed by atoms with Crippen molar-refractivity contribution in [2.24, 2.45) is 0 Å². The largest absolute Gasteiger partial charge is 0.405 e. The number of carbonyl (C=O) groups excluding carboxylic acids is 2. The maximum Gasteiger partial charge on any atom is 0.405 e. The molecule has 5 nitrogen and oxygen atoms in total. The first kappa shape index (κ1) is 19.6. The Morgan fingerprint density at radius 1 is 1.24 bits per heavy atom. The molecular formula is C16H19F3N2O3S. The van der Waals surface area contributed by atoms with Crippen LogP contribution >= 0.6 is 11.8 Å². The van der Waals surface area contributed by atoms with Gasteiger partial charge in [0.2, 0.25) is 5.91 Å². The van der Waals surface area contributed by atoms with Gasteiger partial charge in [0.15, 0.2) is 0 Å². The van der Waals surface area contributed by atoms with Crippen LogP contribution in [0.15, 0.2) is 29.2 Å². The fourth-order valence-corrected chi connectivity index (χ4v) is 3.38. The van der Waals surface area contributed by atoms with Crippen LogP contribution in [-0.4, -0.2) is 49.5 Å². The minimum atomic E-state index is -4.48. The van der Waals surface area contributed by atoms with Gasteiger partial charge in [-0.15, -0.1) is 11.8 Å². The molecule has 2 N–H and O–H groups in total. The number of hydrogen-bond acceptors (Lipinski definition) is 4. The standard InChI is InChI=1S/C16H19F3N2O3S/c17-16(18,19)10-21-14(22)8-20-15(23)12-5-1-2-6-13(12)25-9-11-4-3-7-24-11/h1-2,5-6,11H,3-4,7-10H2,(H,20,23)(H,21,22). The van der Waals surface area contributed by atoms with Gasteiger partial charge < -0.3 is 15.4 Å². The number of alkyl halides is 3. The van der Waals surface area contributed by atoms with Crippen LogP contribution in [-0.2, 0) is 9.53 Å². The molecule has 0 spiro atoms. The van der Waals surface area contributed by atoms with Gasteiger partial charge in [-0.2, -0.15) is 13.2 Å². The van der Waals surface area contributed by atoms with E-state index in [1.807, 2.05) is 0 Å². The van der Waals surface area contributed by atoms with Gasteiger partial charge in [-0.1, -0.05) is 12.1 Å². The Kier molecular flexibility index (Phi) is 7.12. The minimum Gasteiger partial charge on any atom is -0.377 e. The number of carbonyl (C=O) groups is 2. The highest BCUT2D eigenvalue weighted by molar-refractivity contribution is 7.99. The number of hydrogen-bond donors (Lipinski definition) is 2. The van der Waals surface area contributed by atoms with E-state index >= 15 is 0 Å². The van der Waals surface area contributed by atoms with Crippen molar-refractivity contribution in [3.05, 3.63) is 29.8 Å². The average molecular weight is 376 g/mol. The second-order valence-electron chi connectivity index (χ2n) is 5.52. The van der Waals surface area contributed by atoms with Crippen molar-refractivity contribution in [2.75, 3.05) is 25.4 Å². The number of halogens is 3. The van der Waals surface area contributed by atoms with Crippen LogP contribution in [0.5, 0.6) is 0 Å². The van der Waals surface area contributed by atoms with Crippen molar-refractivity contribution in [1.29, 1.82) is 0 Å². The van der Waals surface area contributed by atoms with Crippen molar-refractivity contribution in [3.8, 4) is 0 Å². The maximum atomic E-state index is 12.2. The Morgan fingerprint density at radius 3 is 2.68 bits per heavy atom. The molecule has 1 aromatic carbocycles. The quantitative estimate of drug-likeness (QED) is 0.717. The maximum absolute atomic E-state index is 12.2. The fraction of sp³-hybridized carbons (Fsp3) is 0.500. The van der Waals surface area contributed by atoms with Gasteiger partial charge in [-0.3, -0.25) is 9.59 Å². The number of nitrogens with one attached hydrogen (secondary N) is 2. The van der Waals surface area contributed by atoms with Crippen LogP contribution in [0.3, 0.4) is 0 Å².